The number of rotatable bonds is 4. The van der Waals surface area contributed by atoms with E-state index in [1.807, 2.05) is 4.57 Å². The summed E-state index contributed by atoms with van der Waals surface area (Å²) in [4.78, 5) is 0. The number of halogens is 2. The van der Waals surface area contributed by atoms with Gasteiger partial charge in [-0.3, -0.25) is 0 Å². The zero-order valence-corrected chi connectivity index (χ0v) is 10.4. The Hall–Kier alpha value is -1.78. The SMILES string of the molecule is CC(C)Cn1cnnc1Cc1ccc(F)cc1F. The van der Waals surface area contributed by atoms with E-state index >= 15 is 0 Å². The average molecular weight is 251 g/mol. The normalized spacial score (nSPS) is 11.2. The molecule has 0 bridgehead atoms. The Morgan fingerprint density at radius 2 is 2.06 bits per heavy atom. The zero-order chi connectivity index (χ0) is 13.1. The lowest BCUT2D eigenvalue weighted by molar-refractivity contribution is 0.507. The van der Waals surface area contributed by atoms with Crippen molar-refractivity contribution in [1.82, 2.24) is 14.8 Å². The summed E-state index contributed by atoms with van der Waals surface area (Å²) in [5.41, 5.74) is 0.425. The van der Waals surface area contributed by atoms with E-state index in [1.54, 1.807) is 6.33 Å². The molecule has 0 spiro atoms. The van der Waals surface area contributed by atoms with Gasteiger partial charge in [0.25, 0.3) is 0 Å². The van der Waals surface area contributed by atoms with Gasteiger partial charge in [0.05, 0.1) is 0 Å². The molecule has 0 N–H and O–H groups in total. The van der Waals surface area contributed by atoms with Crippen LogP contribution in [0.1, 0.15) is 25.2 Å². The molecule has 2 rings (SSSR count). The molecule has 0 radical (unpaired) electrons. The molecule has 0 saturated heterocycles. The predicted octanol–water partition coefficient (Wildman–Crippen LogP) is 2.80. The van der Waals surface area contributed by atoms with Crippen LogP contribution in [0.4, 0.5) is 8.78 Å². The summed E-state index contributed by atoms with van der Waals surface area (Å²) in [7, 11) is 0. The zero-order valence-electron chi connectivity index (χ0n) is 10.4. The molecule has 0 saturated carbocycles. The summed E-state index contributed by atoms with van der Waals surface area (Å²) in [5, 5.41) is 7.82. The Morgan fingerprint density at radius 1 is 1.28 bits per heavy atom. The number of hydrogen-bond donors (Lipinski definition) is 0. The smallest absolute Gasteiger partial charge is 0.137 e. The summed E-state index contributed by atoms with van der Waals surface area (Å²) in [6, 6.07) is 3.58. The highest BCUT2D eigenvalue weighted by Crippen LogP contribution is 2.14. The second-order valence-electron chi connectivity index (χ2n) is 4.71. The lowest BCUT2D eigenvalue weighted by Gasteiger charge is -2.09. The van der Waals surface area contributed by atoms with E-state index in [4.69, 9.17) is 0 Å². The molecule has 1 aromatic carbocycles. The van der Waals surface area contributed by atoms with Crippen LogP contribution in [0, 0.1) is 17.6 Å². The van der Waals surface area contributed by atoms with E-state index in [-0.39, 0.29) is 0 Å². The number of benzene rings is 1. The first kappa shape index (κ1) is 12.7. The van der Waals surface area contributed by atoms with Crippen LogP contribution in [0.15, 0.2) is 24.5 Å². The monoisotopic (exact) mass is 251 g/mol. The molecular weight excluding hydrogens is 236 g/mol. The third kappa shape index (κ3) is 2.91. The minimum absolute atomic E-state index is 0.318. The largest absolute Gasteiger partial charge is 0.317 e. The van der Waals surface area contributed by atoms with Crippen LogP contribution in [-0.2, 0) is 13.0 Å². The lowest BCUT2D eigenvalue weighted by atomic mass is 10.1. The van der Waals surface area contributed by atoms with E-state index < -0.39 is 11.6 Å². The van der Waals surface area contributed by atoms with Crippen LogP contribution in [-0.4, -0.2) is 14.8 Å². The third-order valence-corrected chi connectivity index (χ3v) is 2.62. The molecule has 0 aliphatic heterocycles. The van der Waals surface area contributed by atoms with Crippen molar-refractivity contribution in [2.75, 3.05) is 0 Å². The number of aromatic nitrogens is 3. The molecule has 0 fully saturated rings. The first-order chi connectivity index (χ1) is 8.56. The second kappa shape index (κ2) is 5.25. The van der Waals surface area contributed by atoms with E-state index in [2.05, 4.69) is 24.0 Å². The highest BCUT2D eigenvalue weighted by molar-refractivity contribution is 5.21. The van der Waals surface area contributed by atoms with Gasteiger partial charge in [0.1, 0.15) is 23.8 Å². The topological polar surface area (TPSA) is 30.7 Å². The Kier molecular flexibility index (Phi) is 3.69. The van der Waals surface area contributed by atoms with E-state index in [0.29, 0.717) is 23.7 Å². The Morgan fingerprint density at radius 3 is 2.72 bits per heavy atom. The van der Waals surface area contributed by atoms with E-state index in [1.165, 1.54) is 12.1 Å². The Labute approximate surface area is 104 Å². The van der Waals surface area contributed by atoms with Gasteiger partial charge >= 0.3 is 0 Å². The molecule has 18 heavy (non-hydrogen) atoms. The van der Waals surface area contributed by atoms with E-state index in [0.717, 1.165) is 12.6 Å². The summed E-state index contributed by atoms with van der Waals surface area (Å²) in [6.45, 7) is 4.95. The maximum atomic E-state index is 13.5. The first-order valence-electron chi connectivity index (χ1n) is 5.87. The molecular formula is C13H15F2N3. The molecule has 3 nitrogen and oxygen atoms in total. The summed E-state index contributed by atoms with van der Waals surface area (Å²) >= 11 is 0. The number of hydrogen-bond acceptors (Lipinski definition) is 2. The number of nitrogens with zero attached hydrogens (tertiary/aromatic N) is 3. The highest BCUT2D eigenvalue weighted by atomic mass is 19.1. The maximum absolute atomic E-state index is 13.5. The van der Waals surface area contributed by atoms with Crippen molar-refractivity contribution in [2.24, 2.45) is 5.92 Å². The average Bonchev–Trinajstić information content (AvgIpc) is 2.69. The van der Waals surface area contributed by atoms with Gasteiger partial charge in [0.2, 0.25) is 0 Å². The Bertz CT molecular complexity index is 535. The lowest BCUT2D eigenvalue weighted by Crippen LogP contribution is -2.09. The minimum atomic E-state index is -0.570. The molecule has 1 aromatic heterocycles. The second-order valence-corrected chi connectivity index (χ2v) is 4.71. The van der Waals surface area contributed by atoms with Crippen LogP contribution >= 0.6 is 0 Å². The van der Waals surface area contributed by atoms with Gasteiger partial charge in [-0.05, 0) is 17.5 Å². The molecule has 1 heterocycles. The molecule has 5 heteroatoms. The van der Waals surface area contributed by atoms with Crippen molar-refractivity contribution in [3.8, 4) is 0 Å². The van der Waals surface area contributed by atoms with Crippen LogP contribution in [0.2, 0.25) is 0 Å². The fourth-order valence-corrected chi connectivity index (χ4v) is 1.80. The van der Waals surface area contributed by atoms with Gasteiger partial charge in [-0.1, -0.05) is 19.9 Å². The first-order valence-corrected chi connectivity index (χ1v) is 5.87. The van der Waals surface area contributed by atoms with Crippen molar-refractivity contribution in [2.45, 2.75) is 26.8 Å². The molecule has 0 aliphatic rings. The van der Waals surface area contributed by atoms with Crippen molar-refractivity contribution in [3.63, 3.8) is 0 Å². The fraction of sp³-hybridized carbons (Fsp3) is 0.385. The van der Waals surface area contributed by atoms with Crippen molar-refractivity contribution in [3.05, 3.63) is 47.5 Å². The van der Waals surface area contributed by atoms with Crippen molar-refractivity contribution in [1.29, 1.82) is 0 Å². The molecule has 96 valence electrons. The van der Waals surface area contributed by atoms with Crippen LogP contribution in [0.3, 0.4) is 0 Å². The van der Waals surface area contributed by atoms with Crippen LogP contribution in [0.5, 0.6) is 0 Å². The van der Waals surface area contributed by atoms with Crippen LogP contribution in [0.25, 0.3) is 0 Å². The van der Waals surface area contributed by atoms with Gasteiger partial charge in [-0.25, -0.2) is 8.78 Å². The Balaban J connectivity index is 2.21. The predicted molar refractivity (Wildman–Crippen MR) is 64.0 cm³/mol. The summed E-state index contributed by atoms with van der Waals surface area (Å²) in [6.07, 6.45) is 1.95. The molecule has 2 aromatic rings. The van der Waals surface area contributed by atoms with E-state index in [9.17, 15) is 8.78 Å². The van der Waals surface area contributed by atoms with Gasteiger partial charge in [-0.2, -0.15) is 0 Å². The van der Waals surface area contributed by atoms with Gasteiger partial charge < -0.3 is 4.57 Å². The van der Waals surface area contributed by atoms with Gasteiger partial charge in [0, 0.05) is 19.0 Å². The molecule has 0 atom stereocenters. The molecule has 0 aliphatic carbocycles. The van der Waals surface area contributed by atoms with Gasteiger partial charge in [-0.15, -0.1) is 10.2 Å². The molecule has 0 amide bonds. The fourth-order valence-electron chi connectivity index (χ4n) is 1.80. The quantitative estimate of drug-likeness (QED) is 0.836. The molecule has 0 unspecified atom stereocenters. The maximum Gasteiger partial charge on any atom is 0.137 e. The standard InChI is InChI=1S/C13H15F2N3/c1-9(2)7-18-8-16-17-13(18)5-10-3-4-11(14)6-12(10)15/h3-4,6,8-9H,5,7H2,1-2H3. The van der Waals surface area contributed by atoms with Crippen molar-refractivity contribution < 1.29 is 8.78 Å². The van der Waals surface area contributed by atoms with Crippen LogP contribution < -0.4 is 0 Å². The van der Waals surface area contributed by atoms with Crippen molar-refractivity contribution >= 4 is 0 Å². The highest BCUT2D eigenvalue weighted by Gasteiger charge is 2.10. The summed E-state index contributed by atoms with van der Waals surface area (Å²) in [5.74, 6) is 0.0287. The summed E-state index contributed by atoms with van der Waals surface area (Å²) < 4.78 is 28.2. The third-order valence-electron chi connectivity index (χ3n) is 2.62. The minimum Gasteiger partial charge on any atom is -0.317 e. The van der Waals surface area contributed by atoms with Gasteiger partial charge in [0.15, 0.2) is 0 Å².